The van der Waals surface area contributed by atoms with Gasteiger partial charge in [0.05, 0.1) is 0 Å². The van der Waals surface area contributed by atoms with Gasteiger partial charge in [-0.25, -0.2) is 0 Å². The molecule has 0 aromatic carbocycles. The Balaban J connectivity index is 0.000000701. The van der Waals surface area contributed by atoms with E-state index in [1.807, 2.05) is 6.92 Å². The molecule has 3 amide bonds. The molecule has 0 radical (unpaired) electrons. The van der Waals surface area contributed by atoms with Gasteiger partial charge in [-0.1, -0.05) is 36.7 Å². The molecule has 0 aliphatic heterocycles. The highest BCUT2D eigenvalue weighted by Crippen LogP contribution is 2.05. The molecule has 0 spiro atoms. The Labute approximate surface area is 225 Å². The fourth-order valence-corrected chi connectivity index (χ4v) is 3.37. The molecular formula is C25H44N6O5S. The highest BCUT2D eigenvalue weighted by atomic mass is 32.2. The first-order valence-corrected chi connectivity index (χ1v) is 14.0. The number of thioether (sulfide) groups is 1. The van der Waals surface area contributed by atoms with Crippen LogP contribution in [0.1, 0.15) is 71.6 Å². The number of nitrogens with one attached hydrogen (secondary N) is 4. The van der Waals surface area contributed by atoms with E-state index in [0.29, 0.717) is 37.5 Å². The number of oxime groups is 1. The Morgan fingerprint density at radius 3 is 2.24 bits per heavy atom. The van der Waals surface area contributed by atoms with E-state index in [-0.39, 0.29) is 17.7 Å². The van der Waals surface area contributed by atoms with Crippen molar-refractivity contribution in [2.75, 3.05) is 37.5 Å². The monoisotopic (exact) mass is 540 g/mol. The summed E-state index contributed by atoms with van der Waals surface area (Å²) in [5, 5.41) is 18.6. The molecule has 210 valence electrons. The number of hydrogen-bond donors (Lipinski definition) is 4. The van der Waals surface area contributed by atoms with Gasteiger partial charge in [-0.2, -0.15) is 11.8 Å². The van der Waals surface area contributed by atoms with Crippen molar-refractivity contribution in [3.05, 3.63) is 24.6 Å². The zero-order valence-corrected chi connectivity index (χ0v) is 23.5. The average Bonchev–Trinajstić information content (AvgIpc) is 3.37. The summed E-state index contributed by atoms with van der Waals surface area (Å²) in [5.74, 6) is 1.86. The number of amidine groups is 1. The molecule has 4 N–H and O–H groups in total. The number of hydrogen-bond acceptors (Lipinski definition) is 9. The second-order valence-corrected chi connectivity index (χ2v) is 8.99. The Hall–Kier alpha value is -3.02. The van der Waals surface area contributed by atoms with Crippen molar-refractivity contribution in [2.24, 2.45) is 5.16 Å². The number of carbonyl (C=O) groups is 3. The zero-order chi connectivity index (χ0) is 27.7. The van der Waals surface area contributed by atoms with Crippen LogP contribution in [0.5, 0.6) is 0 Å². The summed E-state index contributed by atoms with van der Waals surface area (Å²) >= 11 is 1.76. The molecule has 37 heavy (non-hydrogen) atoms. The van der Waals surface area contributed by atoms with Crippen LogP contribution < -0.4 is 21.3 Å². The van der Waals surface area contributed by atoms with Crippen LogP contribution in [-0.2, 0) is 19.2 Å². The Kier molecular flexibility index (Phi) is 21.5. The van der Waals surface area contributed by atoms with Crippen LogP contribution in [0.2, 0.25) is 0 Å². The third-order valence-electron chi connectivity index (χ3n) is 4.75. The molecule has 1 rings (SSSR count). The van der Waals surface area contributed by atoms with Crippen LogP contribution in [-0.4, -0.2) is 60.9 Å². The number of rotatable bonds is 18. The lowest BCUT2D eigenvalue weighted by Crippen LogP contribution is -2.28. The van der Waals surface area contributed by atoms with E-state index in [1.54, 1.807) is 24.8 Å². The maximum absolute atomic E-state index is 11.5. The molecule has 1 aromatic heterocycles. The molecule has 1 aromatic rings. The summed E-state index contributed by atoms with van der Waals surface area (Å²) in [6.07, 6.45) is 10.5. The topological polar surface area (TPSA) is 147 Å². The molecule has 12 heteroatoms. The first-order chi connectivity index (χ1) is 17.8. The number of nitrogens with zero attached hydrogens (tertiary/aromatic N) is 2. The van der Waals surface area contributed by atoms with Gasteiger partial charge < -0.3 is 30.6 Å². The van der Waals surface area contributed by atoms with Crippen molar-refractivity contribution in [1.29, 1.82) is 0 Å². The van der Waals surface area contributed by atoms with Gasteiger partial charge in [0.25, 0.3) is 0 Å². The van der Waals surface area contributed by atoms with Crippen LogP contribution in [0.15, 0.2) is 34.3 Å². The summed E-state index contributed by atoms with van der Waals surface area (Å²) in [7, 11) is 1.45. The summed E-state index contributed by atoms with van der Waals surface area (Å²) in [6.45, 7) is 9.04. The maximum Gasteiger partial charge on any atom is 0.225 e. The van der Waals surface area contributed by atoms with Crippen LogP contribution in [0.25, 0.3) is 0 Å². The number of anilines is 1. The minimum atomic E-state index is -0.0681. The minimum absolute atomic E-state index is 0.0157. The van der Waals surface area contributed by atoms with Gasteiger partial charge in [0.2, 0.25) is 17.7 Å². The number of aromatic nitrogens is 1. The molecule has 0 aliphatic carbocycles. The van der Waals surface area contributed by atoms with Crippen molar-refractivity contribution in [3.8, 4) is 0 Å². The zero-order valence-electron chi connectivity index (χ0n) is 22.7. The molecule has 0 bridgehead atoms. The SMILES string of the molecule is C=C(CSC)NCCCCCC(=O)N/C(C)=N/OC.CCC(=O)NCCCCCC(=O)Nc1ccon1. The van der Waals surface area contributed by atoms with Gasteiger partial charge in [0, 0.05) is 49.9 Å². The summed E-state index contributed by atoms with van der Waals surface area (Å²) < 4.78 is 4.60. The highest BCUT2D eigenvalue weighted by molar-refractivity contribution is 7.98. The van der Waals surface area contributed by atoms with Crippen molar-refractivity contribution in [3.63, 3.8) is 0 Å². The van der Waals surface area contributed by atoms with E-state index in [0.717, 1.165) is 56.5 Å². The fourth-order valence-electron chi connectivity index (χ4n) is 2.92. The van der Waals surface area contributed by atoms with Crippen molar-refractivity contribution >= 4 is 41.1 Å². The van der Waals surface area contributed by atoms with E-state index in [2.05, 4.69) is 53.8 Å². The second kappa shape index (κ2) is 23.4. The molecule has 0 saturated heterocycles. The van der Waals surface area contributed by atoms with Gasteiger partial charge in [-0.3, -0.25) is 14.4 Å². The Morgan fingerprint density at radius 1 is 1.03 bits per heavy atom. The summed E-state index contributed by atoms with van der Waals surface area (Å²) in [4.78, 5) is 38.4. The van der Waals surface area contributed by atoms with Crippen LogP contribution in [0.4, 0.5) is 5.82 Å². The van der Waals surface area contributed by atoms with E-state index in [1.165, 1.54) is 13.4 Å². The third kappa shape index (κ3) is 21.9. The van der Waals surface area contributed by atoms with Gasteiger partial charge >= 0.3 is 0 Å². The molecule has 0 atom stereocenters. The number of carbonyl (C=O) groups excluding carboxylic acids is 3. The van der Waals surface area contributed by atoms with Gasteiger partial charge in [0.1, 0.15) is 19.2 Å². The summed E-state index contributed by atoms with van der Waals surface area (Å²) in [6, 6.07) is 1.60. The largest absolute Gasteiger partial charge is 0.398 e. The average molecular weight is 541 g/mol. The van der Waals surface area contributed by atoms with E-state index in [4.69, 9.17) is 0 Å². The van der Waals surface area contributed by atoms with E-state index in [9.17, 15) is 14.4 Å². The van der Waals surface area contributed by atoms with Gasteiger partial charge in [-0.15, -0.1) is 0 Å². The molecular weight excluding hydrogens is 496 g/mol. The normalized spacial score (nSPS) is 10.5. The number of unbranched alkanes of at least 4 members (excludes halogenated alkanes) is 4. The third-order valence-corrected chi connectivity index (χ3v) is 5.39. The first-order valence-electron chi connectivity index (χ1n) is 12.6. The van der Waals surface area contributed by atoms with Crippen LogP contribution >= 0.6 is 11.8 Å². The molecule has 11 nitrogen and oxygen atoms in total. The number of amides is 3. The molecule has 0 fully saturated rings. The standard InChI is InChI=1S/C13H25N3O2S.C12H19N3O3/c1-11(10-19-4)14-9-7-5-6-8-13(17)15-12(2)16-18-3;1-2-11(16)13-8-5-3-4-6-12(17)14-10-7-9-18-15-10/h14H,1,5-10H2,2-4H3,(H,15,16,17);7,9H,2-6,8H2,1H3,(H,13,16)(H,14,15,17). The Morgan fingerprint density at radius 2 is 1.68 bits per heavy atom. The highest BCUT2D eigenvalue weighted by Gasteiger charge is 2.04. The first kappa shape index (κ1) is 34.0. The smallest absolute Gasteiger partial charge is 0.225 e. The fraction of sp³-hybridized carbons (Fsp3) is 0.640. The Bertz CT molecular complexity index is 802. The molecule has 0 unspecified atom stereocenters. The maximum atomic E-state index is 11.5. The lowest BCUT2D eigenvalue weighted by molar-refractivity contribution is -0.121. The predicted octanol–water partition coefficient (Wildman–Crippen LogP) is 3.81. The van der Waals surface area contributed by atoms with E-state index >= 15 is 0 Å². The molecule has 0 saturated carbocycles. The lowest BCUT2D eigenvalue weighted by atomic mass is 10.2. The van der Waals surface area contributed by atoms with Crippen LogP contribution in [0.3, 0.4) is 0 Å². The minimum Gasteiger partial charge on any atom is -0.398 e. The second-order valence-electron chi connectivity index (χ2n) is 8.13. The lowest BCUT2D eigenvalue weighted by Gasteiger charge is -2.08. The summed E-state index contributed by atoms with van der Waals surface area (Å²) in [5.41, 5.74) is 1.07. The quantitative estimate of drug-likeness (QED) is 0.0951. The van der Waals surface area contributed by atoms with Crippen molar-refractivity contribution in [2.45, 2.75) is 71.6 Å². The van der Waals surface area contributed by atoms with Crippen molar-refractivity contribution in [1.82, 2.24) is 21.1 Å². The van der Waals surface area contributed by atoms with Crippen molar-refractivity contribution < 1.29 is 23.7 Å². The molecule has 1 heterocycles. The van der Waals surface area contributed by atoms with Crippen LogP contribution in [0, 0.1) is 0 Å². The predicted molar refractivity (Wildman–Crippen MR) is 149 cm³/mol. The molecule has 0 aliphatic rings. The van der Waals surface area contributed by atoms with Gasteiger partial charge in [-0.05, 0) is 38.9 Å². The van der Waals surface area contributed by atoms with E-state index < -0.39 is 0 Å². The van der Waals surface area contributed by atoms with Gasteiger partial charge in [0.15, 0.2) is 5.82 Å².